The summed E-state index contributed by atoms with van der Waals surface area (Å²) in [6.45, 7) is 3.40. The van der Waals surface area contributed by atoms with Crippen molar-refractivity contribution in [3.8, 4) is 0 Å². The summed E-state index contributed by atoms with van der Waals surface area (Å²) in [6.07, 6.45) is 0. The summed E-state index contributed by atoms with van der Waals surface area (Å²) in [5, 5.41) is 5.53. The van der Waals surface area contributed by atoms with Crippen molar-refractivity contribution < 1.29 is 13.2 Å². The standard InChI is InChI=1S/C13H13F3N4/c1-6-12(17-3)18-7(2)19-13(6)20-9-5-4-8(14)10(15)11(9)16/h4-5H,1-3H3,(H2,17,18,19,20). The van der Waals surface area contributed by atoms with Crippen LogP contribution in [-0.4, -0.2) is 17.0 Å². The number of nitrogens with zero attached hydrogens (tertiary/aromatic N) is 2. The second kappa shape index (κ2) is 5.36. The number of aromatic nitrogens is 2. The van der Waals surface area contributed by atoms with Crippen LogP contribution in [0.1, 0.15) is 11.4 Å². The molecule has 0 unspecified atom stereocenters. The Bertz CT molecular complexity index is 659. The Balaban J connectivity index is 2.45. The first-order valence-corrected chi connectivity index (χ1v) is 5.87. The first kappa shape index (κ1) is 14.1. The van der Waals surface area contributed by atoms with E-state index in [0.717, 1.165) is 12.1 Å². The highest BCUT2D eigenvalue weighted by molar-refractivity contribution is 5.65. The molecule has 1 aromatic heterocycles. The van der Waals surface area contributed by atoms with Crippen LogP contribution in [0.25, 0.3) is 0 Å². The summed E-state index contributed by atoms with van der Waals surface area (Å²) >= 11 is 0. The molecule has 20 heavy (non-hydrogen) atoms. The van der Waals surface area contributed by atoms with Gasteiger partial charge >= 0.3 is 0 Å². The van der Waals surface area contributed by atoms with E-state index in [9.17, 15) is 13.2 Å². The summed E-state index contributed by atoms with van der Waals surface area (Å²) < 4.78 is 39.7. The molecular weight excluding hydrogens is 269 g/mol. The van der Waals surface area contributed by atoms with Crippen molar-refractivity contribution in [2.45, 2.75) is 13.8 Å². The fourth-order valence-corrected chi connectivity index (χ4v) is 1.74. The average molecular weight is 282 g/mol. The molecule has 0 atom stereocenters. The third-order valence-corrected chi connectivity index (χ3v) is 2.78. The van der Waals surface area contributed by atoms with E-state index in [1.165, 1.54) is 0 Å². The number of benzene rings is 1. The number of hydrogen-bond donors (Lipinski definition) is 2. The van der Waals surface area contributed by atoms with Crippen molar-refractivity contribution in [1.29, 1.82) is 0 Å². The summed E-state index contributed by atoms with van der Waals surface area (Å²) in [5.41, 5.74) is 0.453. The van der Waals surface area contributed by atoms with Crippen LogP contribution in [-0.2, 0) is 0 Å². The van der Waals surface area contributed by atoms with Gasteiger partial charge in [-0.05, 0) is 26.0 Å². The Morgan fingerprint density at radius 3 is 2.25 bits per heavy atom. The number of aryl methyl sites for hydroxylation is 1. The van der Waals surface area contributed by atoms with E-state index >= 15 is 0 Å². The molecule has 0 amide bonds. The SMILES string of the molecule is CNc1nc(C)nc(Nc2ccc(F)c(F)c2F)c1C. The summed E-state index contributed by atoms with van der Waals surface area (Å²) in [7, 11) is 1.69. The zero-order chi connectivity index (χ0) is 14.9. The summed E-state index contributed by atoms with van der Waals surface area (Å²) in [5.74, 6) is -2.68. The van der Waals surface area contributed by atoms with Crippen LogP contribution in [0.5, 0.6) is 0 Å². The predicted octanol–water partition coefficient (Wildman–Crippen LogP) is 3.30. The van der Waals surface area contributed by atoms with Crippen LogP contribution in [0.3, 0.4) is 0 Å². The number of anilines is 3. The normalized spacial score (nSPS) is 10.5. The Kier molecular flexibility index (Phi) is 3.78. The lowest BCUT2D eigenvalue weighted by Crippen LogP contribution is -2.07. The Labute approximate surface area is 114 Å². The molecule has 2 N–H and O–H groups in total. The van der Waals surface area contributed by atoms with Gasteiger partial charge in [0.05, 0.1) is 5.69 Å². The molecule has 1 aromatic carbocycles. The number of nitrogens with one attached hydrogen (secondary N) is 2. The smallest absolute Gasteiger partial charge is 0.196 e. The monoisotopic (exact) mass is 282 g/mol. The Morgan fingerprint density at radius 2 is 1.60 bits per heavy atom. The minimum atomic E-state index is -1.52. The zero-order valence-corrected chi connectivity index (χ0v) is 11.2. The molecule has 4 nitrogen and oxygen atoms in total. The number of halogens is 3. The maximum Gasteiger partial charge on any atom is 0.196 e. The van der Waals surface area contributed by atoms with E-state index < -0.39 is 17.5 Å². The van der Waals surface area contributed by atoms with Gasteiger partial charge in [0.1, 0.15) is 17.5 Å². The highest BCUT2D eigenvalue weighted by Crippen LogP contribution is 2.26. The van der Waals surface area contributed by atoms with Gasteiger partial charge in [-0.1, -0.05) is 0 Å². The van der Waals surface area contributed by atoms with Crippen LogP contribution in [0, 0.1) is 31.3 Å². The molecule has 2 rings (SSSR count). The molecule has 0 saturated heterocycles. The fraction of sp³-hybridized carbons (Fsp3) is 0.231. The summed E-state index contributed by atoms with van der Waals surface area (Å²) in [4.78, 5) is 8.28. The highest BCUT2D eigenvalue weighted by Gasteiger charge is 2.15. The largest absolute Gasteiger partial charge is 0.373 e. The molecule has 0 fully saturated rings. The van der Waals surface area contributed by atoms with Crippen molar-refractivity contribution in [1.82, 2.24) is 9.97 Å². The molecule has 7 heteroatoms. The molecule has 0 aliphatic heterocycles. The van der Waals surface area contributed by atoms with Crippen molar-refractivity contribution in [3.63, 3.8) is 0 Å². The van der Waals surface area contributed by atoms with Crippen molar-refractivity contribution >= 4 is 17.3 Å². The second-order valence-electron chi connectivity index (χ2n) is 4.19. The third-order valence-electron chi connectivity index (χ3n) is 2.78. The number of hydrogen-bond acceptors (Lipinski definition) is 4. The molecule has 0 radical (unpaired) electrons. The molecule has 0 spiro atoms. The zero-order valence-electron chi connectivity index (χ0n) is 11.2. The molecule has 2 aromatic rings. The highest BCUT2D eigenvalue weighted by atomic mass is 19.2. The molecule has 0 aliphatic carbocycles. The molecule has 0 aliphatic rings. The maximum atomic E-state index is 13.6. The molecule has 1 heterocycles. The lowest BCUT2D eigenvalue weighted by atomic mass is 10.2. The van der Waals surface area contributed by atoms with Gasteiger partial charge in [-0.2, -0.15) is 0 Å². The van der Waals surface area contributed by atoms with Gasteiger partial charge in [0, 0.05) is 12.6 Å². The van der Waals surface area contributed by atoms with Crippen LogP contribution >= 0.6 is 0 Å². The van der Waals surface area contributed by atoms with Crippen LogP contribution in [0.2, 0.25) is 0 Å². The minimum Gasteiger partial charge on any atom is -0.373 e. The predicted molar refractivity (Wildman–Crippen MR) is 70.7 cm³/mol. The van der Waals surface area contributed by atoms with Gasteiger partial charge in [-0.3, -0.25) is 0 Å². The van der Waals surface area contributed by atoms with E-state index in [1.54, 1.807) is 20.9 Å². The lowest BCUT2D eigenvalue weighted by molar-refractivity contribution is 0.449. The lowest BCUT2D eigenvalue weighted by Gasteiger charge is -2.13. The second-order valence-corrected chi connectivity index (χ2v) is 4.19. The van der Waals surface area contributed by atoms with E-state index in [0.29, 0.717) is 23.0 Å². The average Bonchev–Trinajstić information content (AvgIpc) is 2.42. The van der Waals surface area contributed by atoms with E-state index in [4.69, 9.17) is 0 Å². The van der Waals surface area contributed by atoms with Crippen molar-refractivity contribution in [3.05, 3.63) is 41.0 Å². The Hall–Kier alpha value is -2.31. The molecule has 0 bridgehead atoms. The fourth-order valence-electron chi connectivity index (χ4n) is 1.74. The number of rotatable bonds is 3. The van der Waals surface area contributed by atoms with Crippen LogP contribution in [0.15, 0.2) is 12.1 Å². The minimum absolute atomic E-state index is 0.188. The quantitative estimate of drug-likeness (QED) is 0.848. The summed E-state index contributed by atoms with van der Waals surface area (Å²) in [6, 6.07) is 1.97. The molecule has 0 saturated carbocycles. The first-order chi connectivity index (χ1) is 9.43. The topological polar surface area (TPSA) is 49.8 Å². The van der Waals surface area contributed by atoms with Gasteiger partial charge < -0.3 is 10.6 Å². The van der Waals surface area contributed by atoms with E-state index in [2.05, 4.69) is 20.6 Å². The van der Waals surface area contributed by atoms with Crippen LogP contribution in [0.4, 0.5) is 30.5 Å². The first-order valence-electron chi connectivity index (χ1n) is 5.87. The van der Waals surface area contributed by atoms with Gasteiger partial charge in [0.15, 0.2) is 17.5 Å². The van der Waals surface area contributed by atoms with E-state index in [1.807, 2.05) is 0 Å². The van der Waals surface area contributed by atoms with Crippen LogP contribution < -0.4 is 10.6 Å². The van der Waals surface area contributed by atoms with Crippen molar-refractivity contribution in [2.75, 3.05) is 17.7 Å². The van der Waals surface area contributed by atoms with Gasteiger partial charge in [-0.25, -0.2) is 23.1 Å². The van der Waals surface area contributed by atoms with Gasteiger partial charge in [0.25, 0.3) is 0 Å². The van der Waals surface area contributed by atoms with Gasteiger partial charge in [-0.15, -0.1) is 0 Å². The van der Waals surface area contributed by atoms with Crippen molar-refractivity contribution in [2.24, 2.45) is 0 Å². The third kappa shape index (κ3) is 2.52. The maximum absolute atomic E-state index is 13.6. The van der Waals surface area contributed by atoms with Gasteiger partial charge in [0.2, 0.25) is 0 Å². The Morgan fingerprint density at radius 1 is 0.950 bits per heavy atom. The van der Waals surface area contributed by atoms with E-state index in [-0.39, 0.29) is 5.69 Å². The molecular formula is C13H13F3N4. The molecule has 106 valence electrons.